The van der Waals surface area contributed by atoms with E-state index in [0.717, 1.165) is 19.3 Å². The minimum atomic E-state index is -0.615. The van der Waals surface area contributed by atoms with Gasteiger partial charge in [0.25, 0.3) is 0 Å². The maximum Gasteiger partial charge on any atom is 0.240 e. The Morgan fingerprint density at radius 2 is 2.38 bits per heavy atom. The molecule has 0 aromatic rings. The zero-order chi connectivity index (χ0) is 12.2. The number of hydrogen-bond donors (Lipinski definition) is 2. The van der Waals surface area contributed by atoms with Crippen molar-refractivity contribution in [2.75, 3.05) is 12.8 Å². The molecule has 1 fully saturated rings. The van der Waals surface area contributed by atoms with Crippen molar-refractivity contribution in [1.29, 1.82) is 0 Å². The van der Waals surface area contributed by atoms with E-state index in [1.54, 1.807) is 11.8 Å². The second-order valence-electron chi connectivity index (χ2n) is 5.11. The number of amides is 1. The van der Waals surface area contributed by atoms with Crippen molar-refractivity contribution in [2.45, 2.75) is 50.3 Å². The van der Waals surface area contributed by atoms with E-state index >= 15 is 0 Å². The smallest absolute Gasteiger partial charge is 0.240 e. The SMILES string of the molecule is CSC(C)CNC(=O)C1(N)CCCC(C)C1. The minimum absolute atomic E-state index is 0.0416. The lowest BCUT2D eigenvalue weighted by atomic mass is 9.76. The predicted octanol–water partition coefficient (Wildman–Crippen LogP) is 1.76. The monoisotopic (exact) mass is 244 g/mol. The summed E-state index contributed by atoms with van der Waals surface area (Å²) >= 11 is 1.76. The summed E-state index contributed by atoms with van der Waals surface area (Å²) in [6.45, 7) is 5.00. The Morgan fingerprint density at radius 3 is 2.94 bits per heavy atom. The van der Waals surface area contributed by atoms with Crippen LogP contribution in [0.4, 0.5) is 0 Å². The van der Waals surface area contributed by atoms with E-state index in [1.807, 2.05) is 0 Å². The number of carbonyl (C=O) groups is 1. The van der Waals surface area contributed by atoms with Crippen molar-refractivity contribution in [3.05, 3.63) is 0 Å². The van der Waals surface area contributed by atoms with Gasteiger partial charge in [0.05, 0.1) is 5.54 Å². The summed E-state index contributed by atoms with van der Waals surface area (Å²) in [5.41, 5.74) is 5.59. The normalized spacial score (nSPS) is 32.1. The van der Waals surface area contributed by atoms with Gasteiger partial charge < -0.3 is 11.1 Å². The fourth-order valence-corrected chi connectivity index (χ4v) is 2.54. The molecule has 1 aliphatic carbocycles. The first-order valence-electron chi connectivity index (χ1n) is 6.08. The van der Waals surface area contributed by atoms with E-state index < -0.39 is 5.54 Å². The van der Waals surface area contributed by atoms with E-state index in [-0.39, 0.29) is 5.91 Å². The first-order valence-corrected chi connectivity index (χ1v) is 7.36. The van der Waals surface area contributed by atoms with Gasteiger partial charge in [-0.2, -0.15) is 11.8 Å². The van der Waals surface area contributed by atoms with E-state index in [9.17, 15) is 4.79 Å². The van der Waals surface area contributed by atoms with Gasteiger partial charge in [-0.3, -0.25) is 4.79 Å². The van der Waals surface area contributed by atoms with Gasteiger partial charge in [0.1, 0.15) is 0 Å². The van der Waals surface area contributed by atoms with Gasteiger partial charge in [0, 0.05) is 11.8 Å². The highest BCUT2D eigenvalue weighted by Crippen LogP contribution is 2.30. The molecule has 0 heterocycles. The average molecular weight is 244 g/mol. The molecule has 0 radical (unpaired) electrons. The van der Waals surface area contributed by atoms with Crippen molar-refractivity contribution in [1.82, 2.24) is 5.32 Å². The molecule has 4 heteroatoms. The van der Waals surface area contributed by atoms with Crippen LogP contribution in [0, 0.1) is 5.92 Å². The Balaban J connectivity index is 2.45. The van der Waals surface area contributed by atoms with Crippen LogP contribution in [0.15, 0.2) is 0 Å². The number of nitrogens with one attached hydrogen (secondary N) is 1. The maximum absolute atomic E-state index is 12.0. The number of nitrogens with two attached hydrogens (primary N) is 1. The molecule has 0 aliphatic heterocycles. The fraction of sp³-hybridized carbons (Fsp3) is 0.917. The summed E-state index contributed by atoms with van der Waals surface area (Å²) in [6.07, 6.45) is 5.98. The summed E-state index contributed by atoms with van der Waals surface area (Å²) in [5.74, 6) is 0.613. The van der Waals surface area contributed by atoms with Crippen molar-refractivity contribution < 1.29 is 4.79 Å². The molecule has 0 aromatic carbocycles. The van der Waals surface area contributed by atoms with Crippen LogP contribution in [-0.2, 0) is 4.79 Å². The summed E-state index contributed by atoms with van der Waals surface area (Å²) in [5, 5.41) is 3.43. The molecule has 0 bridgehead atoms. The zero-order valence-corrected chi connectivity index (χ0v) is 11.4. The molecule has 0 spiro atoms. The lowest BCUT2D eigenvalue weighted by Gasteiger charge is -2.35. The van der Waals surface area contributed by atoms with Gasteiger partial charge >= 0.3 is 0 Å². The minimum Gasteiger partial charge on any atom is -0.353 e. The Labute approximate surface area is 103 Å². The standard InChI is InChI=1S/C12H24N2OS/c1-9-5-4-6-12(13,7-9)11(15)14-8-10(2)16-3/h9-10H,4-8,13H2,1-3H3,(H,14,15). The summed E-state index contributed by atoms with van der Waals surface area (Å²) in [6, 6.07) is 0. The quantitative estimate of drug-likeness (QED) is 0.792. The first-order chi connectivity index (χ1) is 7.48. The molecule has 1 saturated carbocycles. The van der Waals surface area contributed by atoms with Gasteiger partial charge in [-0.15, -0.1) is 0 Å². The molecular weight excluding hydrogens is 220 g/mol. The number of hydrogen-bond acceptors (Lipinski definition) is 3. The van der Waals surface area contributed by atoms with Gasteiger partial charge in [-0.25, -0.2) is 0 Å². The highest BCUT2D eigenvalue weighted by molar-refractivity contribution is 7.99. The van der Waals surface area contributed by atoms with Gasteiger partial charge in [-0.05, 0) is 25.0 Å². The second kappa shape index (κ2) is 5.92. The molecule has 94 valence electrons. The summed E-state index contributed by atoms with van der Waals surface area (Å²) in [4.78, 5) is 12.0. The van der Waals surface area contributed by atoms with E-state index in [4.69, 9.17) is 5.73 Å². The Bertz CT molecular complexity index is 247. The molecule has 1 aliphatic rings. The molecule has 3 nitrogen and oxygen atoms in total. The van der Waals surface area contributed by atoms with Crippen LogP contribution in [-0.4, -0.2) is 29.5 Å². The number of carbonyl (C=O) groups excluding carboxylic acids is 1. The molecule has 3 atom stereocenters. The lowest BCUT2D eigenvalue weighted by Crippen LogP contribution is -2.56. The third kappa shape index (κ3) is 3.67. The lowest BCUT2D eigenvalue weighted by molar-refractivity contribution is -0.128. The van der Waals surface area contributed by atoms with Crippen LogP contribution in [0.1, 0.15) is 39.5 Å². The molecule has 0 aromatic heterocycles. The van der Waals surface area contributed by atoms with E-state index in [1.165, 1.54) is 6.42 Å². The Hall–Kier alpha value is -0.220. The van der Waals surface area contributed by atoms with Crippen LogP contribution in [0.5, 0.6) is 0 Å². The first kappa shape index (κ1) is 13.8. The molecule has 3 N–H and O–H groups in total. The van der Waals surface area contributed by atoms with Gasteiger partial charge in [0.15, 0.2) is 0 Å². The van der Waals surface area contributed by atoms with Crippen molar-refractivity contribution in [3.63, 3.8) is 0 Å². The molecule has 3 unspecified atom stereocenters. The average Bonchev–Trinajstić information content (AvgIpc) is 2.24. The van der Waals surface area contributed by atoms with Crippen molar-refractivity contribution in [3.8, 4) is 0 Å². The van der Waals surface area contributed by atoms with E-state index in [0.29, 0.717) is 17.7 Å². The zero-order valence-electron chi connectivity index (χ0n) is 10.6. The molecule has 16 heavy (non-hydrogen) atoms. The van der Waals surface area contributed by atoms with Crippen molar-refractivity contribution in [2.24, 2.45) is 11.7 Å². The highest BCUT2D eigenvalue weighted by atomic mass is 32.2. The predicted molar refractivity (Wildman–Crippen MR) is 70.5 cm³/mol. The molecular formula is C12H24N2OS. The largest absolute Gasteiger partial charge is 0.353 e. The van der Waals surface area contributed by atoms with Crippen LogP contribution < -0.4 is 11.1 Å². The Kier molecular flexibility index (Phi) is 5.12. The van der Waals surface area contributed by atoms with Crippen LogP contribution in [0.3, 0.4) is 0 Å². The second-order valence-corrected chi connectivity index (χ2v) is 6.39. The number of thioether (sulfide) groups is 1. The van der Waals surface area contributed by atoms with Crippen LogP contribution in [0.2, 0.25) is 0 Å². The topological polar surface area (TPSA) is 55.1 Å². The fourth-order valence-electron chi connectivity index (χ4n) is 2.29. The van der Waals surface area contributed by atoms with Crippen LogP contribution >= 0.6 is 11.8 Å². The van der Waals surface area contributed by atoms with E-state index in [2.05, 4.69) is 25.4 Å². The summed E-state index contributed by atoms with van der Waals surface area (Å²) < 4.78 is 0. The van der Waals surface area contributed by atoms with Gasteiger partial charge in [0.2, 0.25) is 5.91 Å². The molecule has 1 rings (SSSR count). The van der Waals surface area contributed by atoms with Crippen molar-refractivity contribution >= 4 is 17.7 Å². The highest BCUT2D eigenvalue weighted by Gasteiger charge is 2.37. The maximum atomic E-state index is 12.0. The van der Waals surface area contributed by atoms with Crippen LogP contribution in [0.25, 0.3) is 0 Å². The van der Waals surface area contributed by atoms with Gasteiger partial charge in [-0.1, -0.05) is 26.7 Å². The molecule has 1 amide bonds. The Morgan fingerprint density at radius 1 is 1.69 bits per heavy atom. The third-order valence-corrected chi connectivity index (χ3v) is 4.41. The third-order valence-electron chi connectivity index (χ3n) is 3.44. The number of rotatable bonds is 4. The summed E-state index contributed by atoms with van der Waals surface area (Å²) in [7, 11) is 0. The molecule has 0 saturated heterocycles.